The van der Waals surface area contributed by atoms with E-state index in [0.29, 0.717) is 0 Å². The van der Waals surface area contributed by atoms with Crippen molar-refractivity contribution in [2.24, 2.45) is 11.3 Å². The van der Waals surface area contributed by atoms with Gasteiger partial charge in [-0.3, -0.25) is 0 Å². The number of hydrogen-bond donors (Lipinski definition) is 2. The summed E-state index contributed by atoms with van der Waals surface area (Å²) >= 11 is 0. The molecule has 2 rings (SSSR count). The number of hydrogen-bond acceptors (Lipinski definition) is 2. The Morgan fingerprint density at radius 3 is 2.56 bits per heavy atom. The lowest BCUT2D eigenvalue weighted by atomic mass is 9.75. The molecule has 0 amide bonds. The largest absolute Gasteiger partial charge is 0.391 e. The van der Waals surface area contributed by atoms with E-state index < -0.39 is 0 Å². The van der Waals surface area contributed by atoms with Crippen LogP contribution in [-0.4, -0.2) is 23.3 Å². The van der Waals surface area contributed by atoms with E-state index in [2.05, 4.69) is 26.1 Å². The summed E-state index contributed by atoms with van der Waals surface area (Å²) in [7, 11) is 0. The first-order valence-corrected chi connectivity index (χ1v) is 6.97. The van der Waals surface area contributed by atoms with Crippen LogP contribution in [0.15, 0.2) is 0 Å². The number of fused-ring (bicyclic) bond motifs is 2. The van der Waals surface area contributed by atoms with E-state index in [1.165, 1.54) is 25.7 Å². The second kappa shape index (κ2) is 4.30. The summed E-state index contributed by atoms with van der Waals surface area (Å²) in [5, 5.41) is 14.0. The molecule has 0 heterocycles. The standard InChI is InChI=1S/C14H27NO/c1-4-5-6-9-15-14-8-7-11(10-12(14)16)13(14,2)3/h11-12,15-16H,4-10H2,1-3H3/t11-,12-,14-/m1/s1. The van der Waals surface area contributed by atoms with Crippen LogP contribution in [0.3, 0.4) is 0 Å². The van der Waals surface area contributed by atoms with Gasteiger partial charge in [0.25, 0.3) is 0 Å². The predicted molar refractivity (Wildman–Crippen MR) is 67.4 cm³/mol. The minimum Gasteiger partial charge on any atom is -0.391 e. The van der Waals surface area contributed by atoms with Crippen molar-refractivity contribution < 1.29 is 5.11 Å². The van der Waals surface area contributed by atoms with Crippen LogP contribution >= 0.6 is 0 Å². The van der Waals surface area contributed by atoms with Crippen LogP contribution in [0.1, 0.15) is 59.3 Å². The molecule has 2 aliphatic rings. The molecule has 0 unspecified atom stereocenters. The van der Waals surface area contributed by atoms with Crippen molar-refractivity contribution >= 4 is 0 Å². The lowest BCUT2D eigenvalue weighted by Crippen LogP contribution is -2.57. The molecule has 2 aliphatic carbocycles. The molecule has 0 saturated heterocycles. The minimum atomic E-state index is -0.122. The Hall–Kier alpha value is -0.0800. The lowest BCUT2D eigenvalue weighted by Gasteiger charge is -2.41. The second-order valence-corrected chi connectivity index (χ2v) is 6.31. The highest BCUT2D eigenvalue weighted by Gasteiger charge is 2.63. The lowest BCUT2D eigenvalue weighted by molar-refractivity contribution is 0.0379. The number of nitrogens with one attached hydrogen (secondary N) is 1. The molecule has 2 bridgehead atoms. The zero-order chi connectivity index (χ0) is 11.8. The summed E-state index contributed by atoms with van der Waals surface area (Å²) in [6.07, 6.45) is 7.15. The molecule has 2 N–H and O–H groups in total. The molecular weight excluding hydrogens is 198 g/mol. The Bertz CT molecular complexity index is 251. The molecule has 16 heavy (non-hydrogen) atoms. The molecule has 2 saturated carbocycles. The number of unbranched alkanes of at least 4 members (excludes halogenated alkanes) is 2. The zero-order valence-electron chi connectivity index (χ0n) is 11.1. The first kappa shape index (κ1) is 12.4. The SMILES string of the molecule is CCCCCN[C@]12CC[C@H](C[C@H]1O)C2(C)C. The van der Waals surface area contributed by atoms with Crippen LogP contribution in [-0.2, 0) is 0 Å². The van der Waals surface area contributed by atoms with Crippen LogP contribution in [0, 0.1) is 11.3 Å². The van der Waals surface area contributed by atoms with Crippen molar-refractivity contribution in [3.05, 3.63) is 0 Å². The van der Waals surface area contributed by atoms with Gasteiger partial charge >= 0.3 is 0 Å². The highest BCUT2D eigenvalue weighted by atomic mass is 16.3. The number of aliphatic hydroxyl groups excluding tert-OH is 1. The third kappa shape index (κ3) is 1.62. The maximum absolute atomic E-state index is 10.3. The Labute approximate surface area is 99.8 Å². The van der Waals surface area contributed by atoms with E-state index in [-0.39, 0.29) is 17.1 Å². The van der Waals surface area contributed by atoms with E-state index in [4.69, 9.17) is 0 Å². The molecule has 0 aliphatic heterocycles. The Morgan fingerprint density at radius 2 is 2.06 bits per heavy atom. The quantitative estimate of drug-likeness (QED) is 0.705. The predicted octanol–water partition coefficient (Wildman–Crippen LogP) is 2.71. The topological polar surface area (TPSA) is 32.3 Å². The van der Waals surface area contributed by atoms with Crippen LogP contribution in [0.25, 0.3) is 0 Å². The molecule has 2 nitrogen and oxygen atoms in total. The average Bonchev–Trinajstić information content (AvgIpc) is 2.58. The Balaban J connectivity index is 1.99. The van der Waals surface area contributed by atoms with E-state index in [9.17, 15) is 5.11 Å². The molecule has 0 radical (unpaired) electrons. The fourth-order valence-corrected chi connectivity index (χ4v) is 4.05. The first-order valence-electron chi connectivity index (χ1n) is 6.97. The number of rotatable bonds is 5. The van der Waals surface area contributed by atoms with Crippen molar-refractivity contribution in [2.45, 2.75) is 70.9 Å². The monoisotopic (exact) mass is 225 g/mol. The van der Waals surface area contributed by atoms with Gasteiger partial charge < -0.3 is 10.4 Å². The van der Waals surface area contributed by atoms with Crippen LogP contribution in [0.2, 0.25) is 0 Å². The van der Waals surface area contributed by atoms with Gasteiger partial charge in [-0.25, -0.2) is 0 Å². The molecule has 3 atom stereocenters. The summed E-state index contributed by atoms with van der Waals surface area (Å²) < 4.78 is 0. The summed E-state index contributed by atoms with van der Waals surface area (Å²) in [4.78, 5) is 0. The van der Waals surface area contributed by atoms with Gasteiger partial charge in [-0.1, -0.05) is 33.6 Å². The van der Waals surface area contributed by atoms with Crippen LogP contribution < -0.4 is 5.32 Å². The molecule has 0 spiro atoms. The average molecular weight is 225 g/mol. The summed E-state index contributed by atoms with van der Waals surface area (Å²) in [5.41, 5.74) is 0.296. The van der Waals surface area contributed by atoms with Crippen LogP contribution in [0.4, 0.5) is 0 Å². The van der Waals surface area contributed by atoms with Gasteiger partial charge in [0.05, 0.1) is 6.10 Å². The van der Waals surface area contributed by atoms with Gasteiger partial charge in [-0.2, -0.15) is 0 Å². The van der Waals surface area contributed by atoms with E-state index in [1.54, 1.807) is 0 Å². The molecule has 0 aromatic carbocycles. The maximum Gasteiger partial charge on any atom is 0.0729 e. The van der Waals surface area contributed by atoms with Gasteiger partial charge in [0.2, 0.25) is 0 Å². The summed E-state index contributed by atoms with van der Waals surface area (Å²) in [6, 6.07) is 0. The van der Waals surface area contributed by atoms with Gasteiger partial charge in [-0.05, 0) is 43.6 Å². The smallest absolute Gasteiger partial charge is 0.0729 e. The zero-order valence-corrected chi connectivity index (χ0v) is 11.1. The van der Waals surface area contributed by atoms with Gasteiger partial charge in [0.1, 0.15) is 0 Å². The normalized spacial score (nSPS) is 40.5. The molecule has 94 valence electrons. The third-order valence-corrected chi connectivity index (χ3v) is 5.35. The van der Waals surface area contributed by atoms with Crippen molar-refractivity contribution in [3.63, 3.8) is 0 Å². The molecule has 0 aromatic rings. The Morgan fingerprint density at radius 1 is 1.31 bits per heavy atom. The molecular formula is C14H27NO. The fourth-order valence-electron chi connectivity index (χ4n) is 4.05. The third-order valence-electron chi connectivity index (χ3n) is 5.35. The van der Waals surface area contributed by atoms with E-state index >= 15 is 0 Å². The van der Waals surface area contributed by atoms with Crippen LogP contribution in [0.5, 0.6) is 0 Å². The number of aliphatic hydroxyl groups is 1. The molecule has 2 fully saturated rings. The van der Waals surface area contributed by atoms with E-state index in [0.717, 1.165) is 25.3 Å². The van der Waals surface area contributed by atoms with Gasteiger partial charge in [0, 0.05) is 5.54 Å². The summed E-state index contributed by atoms with van der Waals surface area (Å²) in [6.45, 7) is 7.99. The van der Waals surface area contributed by atoms with Gasteiger partial charge in [0.15, 0.2) is 0 Å². The molecule has 2 heteroatoms. The van der Waals surface area contributed by atoms with Crippen molar-refractivity contribution in [2.75, 3.05) is 6.54 Å². The summed E-state index contributed by atoms with van der Waals surface area (Å²) in [5.74, 6) is 0.723. The maximum atomic E-state index is 10.3. The van der Waals surface area contributed by atoms with Gasteiger partial charge in [-0.15, -0.1) is 0 Å². The van der Waals surface area contributed by atoms with Crippen molar-refractivity contribution in [1.29, 1.82) is 0 Å². The second-order valence-electron chi connectivity index (χ2n) is 6.31. The Kier molecular flexibility index (Phi) is 3.33. The molecule has 0 aromatic heterocycles. The fraction of sp³-hybridized carbons (Fsp3) is 1.00. The first-order chi connectivity index (χ1) is 7.54. The van der Waals surface area contributed by atoms with E-state index in [1.807, 2.05) is 0 Å². The van der Waals surface area contributed by atoms with Crippen molar-refractivity contribution in [1.82, 2.24) is 5.32 Å². The highest BCUT2D eigenvalue weighted by molar-refractivity contribution is 5.18. The van der Waals surface area contributed by atoms with Crippen molar-refractivity contribution in [3.8, 4) is 0 Å². The highest BCUT2D eigenvalue weighted by Crippen LogP contribution is 2.60. The minimum absolute atomic E-state index is 0.0193.